The molecule has 0 N–H and O–H groups in total. The van der Waals surface area contributed by atoms with Crippen LogP contribution in [0, 0.1) is 0 Å². The van der Waals surface area contributed by atoms with Gasteiger partial charge >= 0.3 is 0 Å². The zero-order chi connectivity index (χ0) is 9.40. The molecule has 0 heterocycles. The zero-order valence-electron chi connectivity index (χ0n) is 8.72. The molecule has 0 rings (SSSR count). The van der Waals surface area contributed by atoms with Crippen molar-refractivity contribution in [1.82, 2.24) is 0 Å². The predicted octanol–water partition coefficient (Wildman–Crippen LogP) is 4.26. The minimum atomic E-state index is 1.17. The van der Waals surface area contributed by atoms with Crippen LogP contribution in [0.3, 0.4) is 0 Å². The molecule has 0 saturated carbocycles. The van der Waals surface area contributed by atoms with Gasteiger partial charge in [0.05, 0.1) is 0 Å². The highest BCUT2D eigenvalue weighted by molar-refractivity contribution is 5.10. The highest BCUT2D eigenvalue weighted by Crippen LogP contribution is 2.06. The van der Waals surface area contributed by atoms with Gasteiger partial charge in [0.2, 0.25) is 0 Å². The van der Waals surface area contributed by atoms with E-state index in [9.17, 15) is 0 Å². The van der Waals surface area contributed by atoms with Crippen molar-refractivity contribution in [2.75, 3.05) is 0 Å². The molecule has 0 aromatic rings. The summed E-state index contributed by atoms with van der Waals surface area (Å²) in [5.41, 5.74) is 2.86. The molecule has 0 aromatic heterocycles. The van der Waals surface area contributed by atoms with Crippen LogP contribution in [-0.4, -0.2) is 0 Å². The summed E-state index contributed by atoms with van der Waals surface area (Å²) in [4.78, 5) is 0. The van der Waals surface area contributed by atoms with Crippen LogP contribution in [0.5, 0.6) is 0 Å². The molecule has 0 aliphatic carbocycles. The van der Waals surface area contributed by atoms with Gasteiger partial charge in [0.25, 0.3) is 0 Å². The fourth-order valence-corrected chi connectivity index (χ4v) is 0.932. The number of rotatable bonds is 4. The van der Waals surface area contributed by atoms with E-state index >= 15 is 0 Å². The minimum absolute atomic E-state index is 1.17. The molecule has 0 fully saturated rings. The van der Waals surface area contributed by atoms with Crippen LogP contribution in [0.2, 0.25) is 0 Å². The Hall–Kier alpha value is -0.780. The number of allylic oxidation sites excluding steroid dienone is 6. The Morgan fingerprint density at radius 2 is 1.83 bits per heavy atom. The van der Waals surface area contributed by atoms with Crippen LogP contribution in [-0.2, 0) is 0 Å². The molecule has 0 saturated heterocycles. The summed E-state index contributed by atoms with van der Waals surface area (Å²) in [5.74, 6) is 0. The van der Waals surface area contributed by atoms with Gasteiger partial charge in [0.15, 0.2) is 0 Å². The first kappa shape index (κ1) is 11.2. The number of hydrogen-bond acceptors (Lipinski definition) is 0. The summed E-state index contributed by atoms with van der Waals surface area (Å²) in [5, 5.41) is 0. The molecule has 0 nitrogen and oxygen atoms in total. The van der Waals surface area contributed by atoms with Crippen molar-refractivity contribution >= 4 is 0 Å². The summed E-state index contributed by atoms with van der Waals surface area (Å²) in [6.45, 7) is 8.51. The second kappa shape index (κ2) is 6.90. The van der Waals surface area contributed by atoms with Gasteiger partial charge in [-0.15, -0.1) is 0 Å². The first-order valence-electron chi connectivity index (χ1n) is 4.58. The van der Waals surface area contributed by atoms with Crippen LogP contribution < -0.4 is 0 Å². The van der Waals surface area contributed by atoms with Crippen molar-refractivity contribution in [2.45, 2.75) is 40.5 Å². The van der Waals surface area contributed by atoms with E-state index in [1.54, 1.807) is 0 Å². The maximum absolute atomic E-state index is 2.28. The Kier molecular flexibility index (Phi) is 6.45. The Balaban J connectivity index is 3.71. The van der Waals surface area contributed by atoms with Gasteiger partial charge < -0.3 is 0 Å². The van der Waals surface area contributed by atoms with Gasteiger partial charge in [-0.1, -0.05) is 35.5 Å². The quantitative estimate of drug-likeness (QED) is 0.430. The highest BCUT2D eigenvalue weighted by atomic mass is 13.9. The monoisotopic (exact) mass is 164 g/mol. The molecule has 68 valence electrons. The summed E-state index contributed by atoms with van der Waals surface area (Å²) in [6, 6.07) is 0. The maximum atomic E-state index is 2.28. The lowest BCUT2D eigenvalue weighted by Crippen LogP contribution is -1.75. The molecule has 0 radical (unpaired) electrons. The molecule has 0 aromatic carbocycles. The van der Waals surface area contributed by atoms with Crippen molar-refractivity contribution in [1.29, 1.82) is 0 Å². The minimum Gasteiger partial charge on any atom is -0.0877 e. The van der Waals surface area contributed by atoms with Crippen LogP contribution in [0.1, 0.15) is 40.5 Å². The van der Waals surface area contributed by atoms with Gasteiger partial charge in [0, 0.05) is 0 Å². The molecule has 0 amide bonds. The van der Waals surface area contributed by atoms with Crippen molar-refractivity contribution in [3.05, 3.63) is 35.5 Å². The highest BCUT2D eigenvalue weighted by Gasteiger charge is 1.85. The molecule has 0 bridgehead atoms. The normalized spacial score (nSPS) is 12.2. The fraction of sp³-hybridized carbons (Fsp3) is 0.500. The zero-order valence-corrected chi connectivity index (χ0v) is 8.72. The molecular weight excluding hydrogens is 144 g/mol. The van der Waals surface area contributed by atoms with E-state index in [-0.39, 0.29) is 0 Å². The lowest BCUT2D eigenvalue weighted by atomic mass is 10.1. The SMILES string of the molecule is C/C=C/C=C(/C)CCC=C(C)C. The number of hydrogen-bond donors (Lipinski definition) is 0. The van der Waals surface area contributed by atoms with E-state index in [4.69, 9.17) is 0 Å². The lowest BCUT2D eigenvalue weighted by molar-refractivity contribution is 0.967. The summed E-state index contributed by atoms with van der Waals surface area (Å²) in [6.07, 6.45) is 11.0. The molecule has 0 unspecified atom stereocenters. The van der Waals surface area contributed by atoms with Crippen LogP contribution >= 0.6 is 0 Å². The first-order valence-corrected chi connectivity index (χ1v) is 4.58. The maximum Gasteiger partial charge on any atom is -0.0285 e. The third-order valence-corrected chi connectivity index (χ3v) is 1.66. The third-order valence-electron chi connectivity index (χ3n) is 1.66. The molecule has 0 heteroatoms. The van der Waals surface area contributed by atoms with E-state index in [0.717, 1.165) is 0 Å². The Bertz CT molecular complexity index is 188. The van der Waals surface area contributed by atoms with Crippen LogP contribution in [0.25, 0.3) is 0 Å². The first-order chi connectivity index (χ1) is 5.66. The summed E-state index contributed by atoms with van der Waals surface area (Å²) < 4.78 is 0. The van der Waals surface area contributed by atoms with E-state index in [1.165, 1.54) is 24.0 Å². The summed E-state index contributed by atoms with van der Waals surface area (Å²) >= 11 is 0. The standard InChI is InChI=1S/C12H20/c1-5-6-9-12(4)10-7-8-11(2)3/h5-6,8-9H,7,10H2,1-4H3/b6-5+,12-9-. The van der Waals surface area contributed by atoms with Gasteiger partial charge in [-0.05, 0) is 40.5 Å². The summed E-state index contributed by atoms with van der Waals surface area (Å²) in [7, 11) is 0. The predicted molar refractivity (Wildman–Crippen MR) is 57.2 cm³/mol. The largest absolute Gasteiger partial charge is 0.0877 e. The molecular formula is C12H20. The lowest BCUT2D eigenvalue weighted by Gasteiger charge is -1.95. The Labute approximate surface area is 76.7 Å². The Morgan fingerprint density at radius 1 is 1.17 bits per heavy atom. The fourth-order valence-electron chi connectivity index (χ4n) is 0.932. The van der Waals surface area contributed by atoms with Crippen molar-refractivity contribution in [3.8, 4) is 0 Å². The smallest absolute Gasteiger partial charge is 0.0285 e. The van der Waals surface area contributed by atoms with Gasteiger partial charge in [0.1, 0.15) is 0 Å². The second-order valence-electron chi connectivity index (χ2n) is 3.36. The van der Waals surface area contributed by atoms with E-state index in [2.05, 4.69) is 45.1 Å². The van der Waals surface area contributed by atoms with Gasteiger partial charge in [-0.3, -0.25) is 0 Å². The van der Waals surface area contributed by atoms with Gasteiger partial charge in [-0.25, -0.2) is 0 Å². The van der Waals surface area contributed by atoms with E-state index in [0.29, 0.717) is 0 Å². The van der Waals surface area contributed by atoms with Crippen LogP contribution in [0.15, 0.2) is 35.5 Å². The average molecular weight is 164 g/mol. The molecule has 12 heavy (non-hydrogen) atoms. The van der Waals surface area contributed by atoms with Crippen molar-refractivity contribution in [2.24, 2.45) is 0 Å². The Morgan fingerprint density at radius 3 is 2.33 bits per heavy atom. The average Bonchev–Trinajstić information content (AvgIpc) is 2.00. The molecule has 0 spiro atoms. The molecule has 0 aliphatic rings. The van der Waals surface area contributed by atoms with Crippen molar-refractivity contribution < 1.29 is 0 Å². The van der Waals surface area contributed by atoms with E-state index < -0.39 is 0 Å². The van der Waals surface area contributed by atoms with Crippen LogP contribution in [0.4, 0.5) is 0 Å². The van der Waals surface area contributed by atoms with Gasteiger partial charge in [-0.2, -0.15) is 0 Å². The third kappa shape index (κ3) is 7.33. The van der Waals surface area contributed by atoms with E-state index in [1.807, 2.05) is 6.92 Å². The van der Waals surface area contributed by atoms with Crippen molar-refractivity contribution in [3.63, 3.8) is 0 Å². The molecule has 0 atom stereocenters. The molecule has 0 aliphatic heterocycles. The second-order valence-corrected chi connectivity index (χ2v) is 3.36. The topological polar surface area (TPSA) is 0 Å².